The molecule has 2 aromatic rings. The van der Waals surface area contributed by atoms with E-state index in [-0.39, 0.29) is 23.6 Å². The number of nitrogens with zero attached hydrogens (tertiary/aromatic N) is 1. The van der Waals surface area contributed by atoms with Gasteiger partial charge in [0.15, 0.2) is 11.4 Å². The van der Waals surface area contributed by atoms with E-state index >= 15 is 0 Å². The summed E-state index contributed by atoms with van der Waals surface area (Å²) in [5.41, 5.74) is 0.170. The molecular formula is C14H11F2NO3. The third-order valence-corrected chi connectivity index (χ3v) is 2.55. The van der Waals surface area contributed by atoms with E-state index in [9.17, 15) is 13.6 Å². The van der Waals surface area contributed by atoms with Crippen LogP contribution in [-0.2, 0) is 11.3 Å². The van der Waals surface area contributed by atoms with Crippen molar-refractivity contribution in [2.45, 2.75) is 6.61 Å². The number of carbonyl (C=O) groups is 1. The van der Waals surface area contributed by atoms with Crippen LogP contribution in [0.3, 0.4) is 0 Å². The van der Waals surface area contributed by atoms with Gasteiger partial charge < -0.3 is 9.47 Å². The van der Waals surface area contributed by atoms with Gasteiger partial charge in [-0.25, -0.2) is 18.6 Å². The molecule has 0 bridgehead atoms. The smallest absolute Gasteiger partial charge is 0.360 e. The van der Waals surface area contributed by atoms with Gasteiger partial charge in [-0.3, -0.25) is 0 Å². The number of rotatable bonds is 4. The molecule has 104 valence electrons. The molecule has 1 aromatic carbocycles. The summed E-state index contributed by atoms with van der Waals surface area (Å²) in [7, 11) is 1.22. The fraction of sp³-hybridized carbons (Fsp3) is 0.143. The minimum Gasteiger partial charge on any atom is -0.486 e. The van der Waals surface area contributed by atoms with Crippen LogP contribution in [0.4, 0.5) is 8.78 Å². The van der Waals surface area contributed by atoms with Gasteiger partial charge in [0, 0.05) is 17.8 Å². The van der Waals surface area contributed by atoms with Crippen molar-refractivity contribution >= 4 is 5.97 Å². The molecule has 0 aliphatic carbocycles. The second-order valence-corrected chi connectivity index (χ2v) is 3.87. The Kier molecular flexibility index (Phi) is 4.24. The normalized spacial score (nSPS) is 10.2. The van der Waals surface area contributed by atoms with Crippen molar-refractivity contribution in [1.29, 1.82) is 0 Å². The van der Waals surface area contributed by atoms with Gasteiger partial charge in [-0.15, -0.1) is 0 Å². The van der Waals surface area contributed by atoms with Crippen molar-refractivity contribution in [3.63, 3.8) is 0 Å². The van der Waals surface area contributed by atoms with E-state index in [1.165, 1.54) is 25.4 Å². The van der Waals surface area contributed by atoms with Crippen molar-refractivity contribution in [3.8, 4) is 5.75 Å². The summed E-state index contributed by atoms with van der Waals surface area (Å²) in [6.07, 6.45) is 1.41. The first-order valence-corrected chi connectivity index (χ1v) is 5.72. The van der Waals surface area contributed by atoms with Crippen LogP contribution in [0.1, 0.15) is 16.1 Å². The predicted octanol–water partition coefficient (Wildman–Crippen LogP) is 2.73. The van der Waals surface area contributed by atoms with Gasteiger partial charge in [-0.05, 0) is 24.3 Å². The lowest BCUT2D eigenvalue weighted by Crippen LogP contribution is -2.08. The molecule has 20 heavy (non-hydrogen) atoms. The Morgan fingerprint density at radius 1 is 1.30 bits per heavy atom. The second kappa shape index (κ2) is 6.10. The van der Waals surface area contributed by atoms with Crippen LogP contribution < -0.4 is 4.74 Å². The first-order chi connectivity index (χ1) is 9.61. The van der Waals surface area contributed by atoms with Gasteiger partial charge in [0.05, 0.1) is 7.11 Å². The molecule has 0 aliphatic heterocycles. The number of benzene rings is 1. The molecule has 0 saturated heterocycles. The van der Waals surface area contributed by atoms with Crippen molar-refractivity contribution in [1.82, 2.24) is 4.98 Å². The minimum atomic E-state index is -0.714. The average molecular weight is 279 g/mol. The quantitative estimate of drug-likeness (QED) is 0.807. The van der Waals surface area contributed by atoms with Crippen LogP contribution in [-0.4, -0.2) is 18.1 Å². The maximum atomic E-state index is 13.5. The third kappa shape index (κ3) is 3.09. The standard InChI is InChI=1S/C14H11F2NO3/c1-19-14(18)13-12(3-2-6-17-13)20-8-9-4-5-10(15)7-11(9)16/h2-7H,8H2,1H3. The van der Waals surface area contributed by atoms with Crippen molar-refractivity contribution < 1.29 is 23.0 Å². The fourth-order valence-corrected chi connectivity index (χ4v) is 1.55. The Morgan fingerprint density at radius 2 is 2.10 bits per heavy atom. The molecule has 0 fully saturated rings. The summed E-state index contributed by atoms with van der Waals surface area (Å²) in [6, 6.07) is 6.26. The first kappa shape index (κ1) is 13.9. The largest absolute Gasteiger partial charge is 0.486 e. The summed E-state index contributed by atoms with van der Waals surface area (Å²) in [6.45, 7) is -0.151. The lowest BCUT2D eigenvalue weighted by Gasteiger charge is -2.09. The molecule has 1 heterocycles. The van der Waals surface area contributed by atoms with Crippen LogP contribution in [0.15, 0.2) is 36.5 Å². The highest BCUT2D eigenvalue weighted by molar-refractivity contribution is 5.90. The number of halogens is 2. The van der Waals surface area contributed by atoms with Crippen LogP contribution in [0.2, 0.25) is 0 Å². The molecule has 1 aromatic heterocycles. The Hall–Kier alpha value is -2.50. The molecule has 6 heteroatoms. The first-order valence-electron chi connectivity index (χ1n) is 5.72. The zero-order valence-electron chi connectivity index (χ0n) is 10.6. The van der Waals surface area contributed by atoms with Crippen LogP contribution in [0, 0.1) is 11.6 Å². The number of hydrogen-bond donors (Lipinski definition) is 0. The van der Waals surface area contributed by atoms with Crippen LogP contribution in [0.5, 0.6) is 5.75 Å². The predicted molar refractivity (Wildman–Crippen MR) is 66.3 cm³/mol. The van der Waals surface area contributed by atoms with E-state index in [0.29, 0.717) is 0 Å². The Morgan fingerprint density at radius 3 is 2.80 bits per heavy atom. The van der Waals surface area contributed by atoms with Gasteiger partial charge in [0.2, 0.25) is 0 Å². The van der Waals surface area contributed by atoms with E-state index in [1.54, 1.807) is 6.07 Å². The van der Waals surface area contributed by atoms with Gasteiger partial charge in [0.25, 0.3) is 0 Å². The molecule has 0 amide bonds. The maximum Gasteiger partial charge on any atom is 0.360 e. The second-order valence-electron chi connectivity index (χ2n) is 3.87. The topological polar surface area (TPSA) is 48.4 Å². The highest BCUT2D eigenvalue weighted by Crippen LogP contribution is 2.19. The van der Waals surface area contributed by atoms with Gasteiger partial charge >= 0.3 is 5.97 Å². The molecule has 0 saturated carbocycles. The molecular weight excluding hydrogens is 268 g/mol. The Balaban J connectivity index is 2.17. The molecule has 0 unspecified atom stereocenters. The zero-order valence-corrected chi connectivity index (χ0v) is 10.6. The zero-order chi connectivity index (χ0) is 14.5. The SMILES string of the molecule is COC(=O)c1ncccc1OCc1ccc(F)cc1F. The van der Waals surface area contributed by atoms with Crippen molar-refractivity contribution in [3.05, 3.63) is 59.4 Å². The van der Waals surface area contributed by atoms with E-state index in [1.807, 2.05) is 0 Å². The third-order valence-electron chi connectivity index (χ3n) is 2.55. The van der Waals surface area contributed by atoms with E-state index in [0.717, 1.165) is 12.1 Å². The van der Waals surface area contributed by atoms with Crippen LogP contribution >= 0.6 is 0 Å². The molecule has 0 atom stereocenters. The van der Waals surface area contributed by atoms with Crippen molar-refractivity contribution in [2.24, 2.45) is 0 Å². The summed E-state index contributed by atoms with van der Waals surface area (Å²) in [5.74, 6) is -1.86. The highest BCUT2D eigenvalue weighted by Gasteiger charge is 2.15. The average Bonchev–Trinajstić information content (AvgIpc) is 2.46. The van der Waals surface area contributed by atoms with Gasteiger partial charge in [-0.1, -0.05) is 0 Å². The molecule has 0 N–H and O–H groups in total. The number of carbonyl (C=O) groups excluding carboxylic acids is 1. The molecule has 0 radical (unpaired) electrons. The van der Waals surface area contributed by atoms with E-state index in [4.69, 9.17) is 4.74 Å². The monoisotopic (exact) mass is 279 g/mol. The van der Waals surface area contributed by atoms with Crippen molar-refractivity contribution in [2.75, 3.05) is 7.11 Å². The fourth-order valence-electron chi connectivity index (χ4n) is 1.55. The summed E-state index contributed by atoms with van der Waals surface area (Å²) >= 11 is 0. The Labute approximate surface area is 114 Å². The maximum absolute atomic E-state index is 13.5. The minimum absolute atomic E-state index is 0.00230. The lowest BCUT2D eigenvalue weighted by molar-refractivity contribution is 0.0588. The summed E-state index contributed by atoms with van der Waals surface area (Å²) in [5, 5.41) is 0. The van der Waals surface area contributed by atoms with E-state index < -0.39 is 17.6 Å². The lowest BCUT2D eigenvalue weighted by atomic mass is 10.2. The number of esters is 1. The Bertz CT molecular complexity index is 632. The number of hydrogen-bond acceptors (Lipinski definition) is 4. The van der Waals surface area contributed by atoms with Gasteiger partial charge in [0.1, 0.15) is 18.2 Å². The molecule has 2 rings (SSSR count). The summed E-state index contributed by atoms with van der Waals surface area (Å²) < 4.78 is 36.1. The molecule has 0 spiro atoms. The molecule has 4 nitrogen and oxygen atoms in total. The summed E-state index contributed by atoms with van der Waals surface area (Å²) in [4.78, 5) is 15.3. The number of pyridine rings is 1. The number of methoxy groups -OCH3 is 1. The molecule has 0 aliphatic rings. The van der Waals surface area contributed by atoms with Gasteiger partial charge in [-0.2, -0.15) is 0 Å². The number of aromatic nitrogens is 1. The van der Waals surface area contributed by atoms with E-state index in [2.05, 4.69) is 9.72 Å². The van der Waals surface area contributed by atoms with Crippen LogP contribution in [0.25, 0.3) is 0 Å². The highest BCUT2D eigenvalue weighted by atomic mass is 19.1. The number of ether oxygens (including phenoxy) is 2.